The highest BCUT2D eigenvalue weighted by Gasteiger charge is 2.46. The molecule has 1 saturated heterocycles. The third kappa shape index (κ3) is 5.07. The van der Waals surface area contributed by atoms with E-state index in [0.717, 1.165) is 27.5 Å². The predicted octanol–water partition coefficient (Wildman–Crippen LogP) is 3.67. The van der Waals surface area contributed by atoms with Crippen molar-refractivity contribution in [3.63, 3.8) is 0 Å². The van der Waals surface area contributed by atoms with Gasteiger partial charge in [-0.1, -0.05) is 53.7 Å². The lowest BCUT2D eigenvalue weighted by molar-refractivity contribution is -0.113. The normalized spacial score (nSPS) is 21.6. The Morgan fingerprint density at radius 2 is 1.84 bits per heavy atom. The molecule has 2 aliphatic rings. The van der Waals surface area contributed by atoms with Crippen molar-refractivity contribution in [3.05, 3.63) is 64.2 Å². The second-order valence-electron chi connectivity index (χ2n) is 7.98. The van der Waals surface area contributed by atoms with Gasteiger partial charge in [0.1, 0.15) is 0 Å². The summed E-state index contributed by atoms with van der Waals surface area (Å²) in [6, 6.07) is 12.9. The zero-order valence-electron chi connectivity index (χ0n) is 17.3. The largest absolute Gasteiger partial charge is 0.341 e. The van der Waals surface area contributed by atoms with Crippen LogP contribution in [0.1, 0.15) is 16.7 Å². The predicted molar refractivity (Wildman–Crippen MR) is 128 cm³/mol. The molecule has 164 valence electrons. The highest BCUT2D eigenvalue weighted by Crippen LogP contribution is 2.32. The summed E-state index contributed by atoms with van der Waals surface area (Å²) in [7, 11) is -3.10. The molecule has 0 spiro atoms. The number of hydrogen-bond acceptors (Lipinski definition) is 6. The van der Waals surface area contributed by atoms with E-state index in [4.69, 9.17) is 11.6 Å². The monoisotopic (exact) mass is 477 g/mol. The highest BCUT2D eigenvalue weighted by atomic mass is 35.5. The van der Waals surface area contributed by atoms with Gasteiger partial charge in [-0.15, -0.1) is 0 Å². The Morgan fingerprint density at radius 3 is 2.52 bits per heavy atom. The lowest BCUT2D eigenvalue weighted by Crippen LogP contribution is -2.38. The molecule has 2 aromatic carbocycles. The molecule has 9 heteroatoms. The third-order valence-corrected chi connectivity index (χ3v) is 8.52. The number of nitrogens with one attached hydrogen (secondary N) is 1. The van der Waals surface area contributed by atoms with Gasteiger partial charge in [-0.2, -0.15) is 0 Å². The number of thioether (sulfide) groups is 1. The first-order valence-corrected chi connectivity index (χ1v) is 13.2. The van der Waals surface area contributed by atoms with Gasteiger partial charge in [0, 0.05) is 17.3 Å². The summed E-state index contributed by atoms with van der Waals surface area (Å²) >= 11 is 7.35. The number of anilines is 1. The zero-order valence-corrected chi connectivity index (χ0v) is 19.7. The van der Waals surface area contributed by atoms with Gasteiger partial charge in [0.25, 0.3) is 0 Å². The molecule has 0 bridgehead atoms. The Kier molecular flexibility index (Phi) is 6.32. The van der Waals surface area contributed by atoms with Gasteiger partial charge in [-0.25, -0.2) is 8.42 Å². The zero-order chi connectivity index (χ0) is 22.2. The van der Waals surface area contributed by atoms with Crippen molar-refractivity contribution >= 4 is 50.0 Å². The molecule has 1 N–H and O–H groups in total. The van der Waals surface area contributed by atoms with Crippen LogP contribution in [0.2, 0.25) is 5.02 Å². The molecule has 4 rings (SSSR count). The summed E-state index contributed by atoms with van der Waals surface area (Å²) in [4.78, 5) is 19.3. The number of carbonyl (C=O) groups excluding carboxylic acids is 1. The van der Waals surface area contributed by atoms with Crippen LogP contribution in [-0.4, -0.2) is 53.7 Å². The number of amides is 1. The molecule has 0 radical (unpaired) electrons. The molecule has 6 nitrogen and oxygen atoms in total. The van der Waals surface area contributed by atoms with E-state index < -0.39 is 9.84 Å². The van der Waals surface area contributed by atoms with Crippen molar-refractivity contribution in [2.24, 2.45) is 4.99 Å². The number of benzene rings is 2. The summed E-state index contributed by atoms with van der Waals surface area (Å²) in [6.07, 6.45) is 0. The molecular formula is C22H24ClN3O3S2. The van der Waals surface area contributed by atoms with Gasteiger partial charge in [-0.05, 0) is 42.7 Å². The smallest absolute Gasteiger partial charge is 0.234 e. The van der Waals surface area contributed by atoms with Crippen molar-refractivity contribution in [1.82, 2.24) is 4.90 Å². The third-order valence-electron chi connectivity index (χ3n) is 5.56. The topological polar surface area (TPSA) is 78.8 Å². The number of aliphatic imine (C=N–C) groups is 1. The molecule has 0 unspecified atom stereocenters. The highest BCUT2D eigenvalue weighted by molar-refractivity contribution is 8.14. The maximum atomic E-state index is 12.6. The van der Waals surface area contributed by atoms with Crippen LogP contribution >= 0.6 is 23.4 Å². The van der Waals surface area contributed by atoms with Crippen molar-refractivity contribution < 1.29 is 13.2 Å². The van der Waals surface area contributed by atoms with Gasteiger partial charge in [0.2, 0.25) is 5.91 Å². The number of amidine groups is 1. The Morgan fingerprint density at radius 1 is 1.16 bits per heavy atom. The molecule has 2 heterocycles. The van der Waals surface area contributed by atoms with E-state index in [0.29, 0.717) is 11.6 Å². The number of para-hydroxylation sites is 1. The number of nitrogens with zero attached hydrogens (tertiary/aromatic N) is 2. The molecule has 0 saturated carbocycles. The minimum Gasteiger partial charge on any atom is -0.341 e. The molecule has 0 aliphatic carbocycles. The molecule has 2 atom stereocenters. The number of hydrogen-bond donors (Lipinski definition) is 1. The van der Waals surface area contributed by atoms with E-state index in [1.807, 2.05) is 61.2 Å². The van der Waals surface area contributed by atoms with Gasteiger partial charge < -0.3 is 10.2 Å². The van der Waals surface area contributed by atoms with Crippen LogP contribution in [0, 0.1) is 13.8 Å². The van der Waals surface area contributed by atoms with Crippen LogP contribution in [0.4, 0.5) is 5.69 Å². The summed E-state index contributed by atoms with van der Waals surface area (Å²) in [6.45, 7) is 4.46. The minimum atomic E-state index is -3.10. The molecule has 1 amide bonds. The van der Waals surface area contributed by atoms with E-state index in [9.17, 15) is 13.2 Å². The Bertz CT molecular complexity index is 1110. The van der Waals surface area contributed by atoms with Gasteiger partial charge >= 0.3 is 0 Å². The molecular weight excluding hydrogens is 454 g/mol. The first-order chi connectivity index (χ1) is 14.7. The maximum Gasteiger partial charge on any atom is 0.234 e. The van der Waals surface area contributed by atoms with Crippen molar-refractivity contribution in [3.8, 4) is 0 Å². The van der Waals surface area contributed by atoms with Crippen LogP contribution in [0.25, 0.3) is 0 Å². The van der Waals surface area contributed by atoms with Crippen LogP contribution in [0.15, 0.2) is 47.5 Å². The number of rotatable bonds is 5. The van der Waals surface area contributed by atoms with Crippen LogP contribution in [0.3, 0.4) is 0 Å². The molecule has 31 heavy (non-hydrogen) atoms. The lowest BCUT2D eigenvalue weighted by atomic mass is 10.1. The van der Waals surface area contributed by atoms with Crippen molar-refractivity contribution in [2.45, 2.75) is 32.5 Å². The molecule has 1 fully saturated rings. The summed E-state index contributed by atoms with van der Waals surface area (Å²) in [5.41, 5.74) is 3.88. The second kappa shape index (κ2) is 8.84. The number of aryl methyl sites for hydroxylation is 2. The van der Waals surface area contributed by atoms with E-state index in [-0.39, 0.29) is 35.2 Å². The Balaban J connectivity index is 1.47. The van der Waals surface area contributed by atoms with Crippen LogP contribution in [-0.2, 0) is 21.2 Å². The average molecular weight is 478 g/mol. The fourth-order valence-electron chi connectivity index (χ4n) is 4.00. The average Bonchev–Trinajstić information content (AvgIpc) is 3.17. The van der Waals surface area contributed by atoms with Crippen LogP contribution in [0.5, 0.6) is 0 Å². The van der Waals surface area contributed by atoms with E-state index >= 15 is 0 Å². The van der Waals surface area contributed by atoms with Crippen molar-refractivity contribution in [2.75, 3.05) is 22.6 Å². The van der Waals surface area contributed by atoms with E-state index in [1.54, 1.807) is 0 Å². The summed E-state index contributed by atoms with van der Waals surface area (Å²) < 4.78 is 24.3. The Labute approximate surface area is 192 Å². The fraction of sp³-hybridized carbons (Fsp3) is 0.364. The first kappa shape index (κ1) is 22.2. The van der Waals surface area contributed by atoms with Gasteiger partial charge in [-0.3, -0.25) is 9.79 Å². The molecule has 0 aromatic heterocycles. The van der Waals surface area contributed by atoms with E-state index in [2.05, 4.69) is 10.3 Å². The quantitative estimate of drug-likeness (QED) is 0.710. The minimum absolute atomic E-state index is 0.0629. The number of sulfone groups is 1. The van der Waals surface area contributed by atoms with E-state index in [1.165, 1.54) is 11.8 Å². The number of halogens is 1. The van der Waals surface area contributed by atoms with Gasteiger partial charge in [0.05, 0.1) is 29.3 Å². The van der Waals surface area contributed by atoms with Gasteiger partial charge in [0.15, 0.2) is 15.0 Å². The SMILES string of the molecule is Cc1cccc(C)c1NC(=O)CSC1=N[C@H]2CS(=O)(=O)C[C@H]2N1Cc1ccc(Cl)cc1. The number of carbonyl (C=O) groups is 1. The fourth-order valence-corrected chi connectivity index (χ4v) is 6.91. The van der Waals surface area contributed by atoms with Crippen LogP contribution < -0.4 is 5.32 Å². The maximum absolute atomic E-state index is 12.6. The summed E-state index contributed by atoms with van der Waals surface area (Å²) in [5, 5.41) is 4.36. The first-order valence-electron chi connectivity index (χ1n) is 10.00. The molecule has 2 aliphatic heterocycles. The number of fused-ring (bicyclic) bond motifs is 1. The second-order valence-corrected chi connectivity index (χ2v) is 11.5. The van der Waals surface area contributed by atoms with Crippen molar-refractivity contribution in [1.29, 1.82) is 0 Å². The molecule has 2 aromatic rings. The Hall–Kier alpha value is -2.03. The summed E-state index contributed by atoms with van der Waals surface area (Å²) in [5.74, 6) is 0.248. The standard InChI is InChI=1S/C22H24ClN3O3S2/c1-14-4-3-5-15(2)21(14)25-20(27)11-30-22-24-18-12-31(28,29)13-19(18)26(22)10-16-6-8-17(23)9-7-16/h3-9,18-19H,10-13H2,1-2H3,(H,25,27)/t18-,19+/m0/s1. The lowest BCUT2D eigenvalue weighted by Gasteiger charge is -2.26.